The number of hydrogen-bond acceptors (Lipinski definition) is 5. The van der Waals surface area contributed by atoms with E-state index in [0.29, 0.717) is 33.6 Å². The van der Waals surface area contributed by atoms with Crippen LogP contribution in [0.1, 0.15) is 27.0 Å². The van der Waals surface area contributed by atoms with Crippen LogP contribution in [-0.2, 0) is 17.4 Å². The van der Waals surface area contributed by atoms with E-state index in [1.54, 1.807) is 49.7 Å². The van der Waals surface area contributed by atoms with Crippen LogP contribution in [0.25, 0.3) is 21.7 Å². The summed E-state index contributed by atoms with van der Waals surface area (Å²) in [7, 11) is 1.59. The van der Waals surface area contributed by atoms with Crippen molar-refractivity contribution in [2.75, 3.05) is 12.4 Å². The first-order chi connectivity index (χ1) is 20.1. The summed E-state index contributed by atoms with van der Waals surface area (Å²) < 4.78 is 53.0. The zero-order valence-electron chi connectivity index (χ0n) is 22.7. The lowest BCUT2D eigenvalue weighted by molar-refractivity contribution is -0.137. The highest BCUT2D eigenvalue weighted by atomic mass is 19.4. The molecule has 5 rings (SSSR count). The third-order valence-electron chi connectivity index (χ3n) is 6.82. The van der Waals surface area contributed by atoms with Crippen LogP contribution in [-0.4, -0.2) is 23.8 Å². The van der Waals surface area contributed by atoms with Crippen LogP contribution in [0.4, 0.5) is 18.9 Å². The quantitative estimate of drug-likeness (QED) is 0.151. The van der Waals surface area contributed by atoms with Gasteiger partial charge < -0.3 is 14.8 Å². The summed E-state index contributed by atoms with van der Waals surface area (Å²) in [5.74, 6) is 0.591. The van der Waals surface area contributed by atoms with Gasteiger partial charge in [0, 0.05) is 29.0 Å². The van der Waals surface area contributed by atoms with E-state index in [9.17, 15) is 22.8 Å². The summed E-state index contributed by atoms with van der Waals surface area (Å²) in [6.45, 7) is 5.19. The Hall–Kier alpha value is -5.18. The molecule has 6 nitrogen and oxygen atoms in total. The number of rotatable bonds is 8. The lowest BCUT2D eigenvalue weighted by Crippen LogP contribution is -2.15. The molecule has 0 unspecified atom stereocenters. The minimum absolute atomic E-state index is 0.154. The molecular formula is C33H25F3N2O4. The van der Waals surface area contributed by atoms with E-state index in [-0.39, 0.29) is 17.8 Å². The first-order valence-electron chi connectivity index (χ1n) is 12.9. The molecule has 212 valence electrons. The van der Waals surface area contributed by atoms with Gasteiger partial charge in [0.25, 0.3) is 0 Å². The third kappa shape index (κ3) is 5.67. The van der Waals surface area contributed by atoms with Crippen molar-refractivity contribution < 1.29 is 32.2 Å². The Morgan fingerprint density at radius 3 is 2.40 bits per heavy atom. The fraction of sp³-hybridized carbons (Fsp3) is 0.121. The molecule has 0 spiro atoms. The Balaban J connectivity index is 1.49. The molecule has 4 aromatic carbocycles. The Labute approximate surface area is 239 Å². The van der Waals surface area contributed by atoms with E-state index >= 15 is 0 Å². The van der Waals surface area contributed by atoms with E-state index in [1.165, 1.54) is 6.07 Å². The number of anilines is 1. The molecule has 0 aliphatic heterocycles. The van der Waals surface area contributed by atoms with Crippen molar-refractivity contribution in [3.63, 3.8) is 0 Å². The van der Waals surface area contributed by atoms with E-state index in [2.05, 4.69) is 16.9 Å². The van der Waals surface area contributed by atoms with Crippen molar-refractivity contribution in [3.8, 4) is 17.2 Å². The number of halogens is 3. The molecule has 1 heterocycles. The van der Waals surface area contributed by atoms with E-state index in [4.69, 9.17) is 9.47 Å². The average Bonchev–Trinajstić information content (AvgIpc) is 2.97. The fourth-order valence-corrected chi connectivity index (χ4v) is 4.80. The molecule has 0 aliphatic carbocycles. The number of nitrogens with zero attached hydrogens (tertiary/aromatic N) is 1. The number of nitrogens with one attached hydrogen (secondary N) is 1. The van der Waals surface area contributed by atoms with Gasteiger partial charge in [-0.15, -0.1) is 0 Å². The van der Waals surface area contributed by atoms with Crippen molar-refractivity contribution in [3.05, 3.63) is 114 Å². The number of ketones is 1. The topological polar surface area (TPSA) is 77.5 Å². The summed E-state index contributed by atoms with van der Waals surface area (Å²) in [5, 5.41) is 4.16. The number of carbonyl (C=O) groups excluding carboxylic acids is 2. The molecule has 0 saturated heterocycles. The lowest BCUT2D eigenvalue weighted by Gasteiger charge is -2.15. The molecule has 1 amide bonds. The monoisotopic (exact) mass is 570 g/mol. The van der Waals surface area contributed by atoms with Gasteiger partial charge in [-0.1, -0.05) is 43.0 Å². The second-order valence-electron chi connectivity index (χ2n) is 9.58. The zero-order chi connectivity index (χ0) is 30.0. The SMILES string of the molecule is C=CC(=O)Nc1ccc(CC(=O)c2cccc3c(Oc4ccnc5cc(C)c(OC)cc45)cccc23)cc1C(F)(F)F. The molecule has 1 aromatic heterocycles. The molecule has 5 aromatic rings. The van der Waals surface area contributed by atoms with Crippen LogP contribution in [0.5, 0.6) is 17.2 Å². The first kappa shape index (κ1) is 28.4. The first-order valence-corrected chi connectivity index (χ1v) is 12.9. The smallest absolute Gasteiger partial charge is 0.418 e. The Bertz CT molecular complexity index is 1860. The van der Waals surface area contributed by atoms with Crippen LogP contribution in [0.2, 0.25) is 0 Å². The van der Waals surface area contributed by atoms with Crippen LogP contribution >= 0.6 is 0 Å². The van der Waals surface area contributed by atoms with Crippen molar-refractivity contribution in [1.29, 1.82) is 0 Å². The highest BCUT2D eigenvalue weighted by Gasteiger charge is 2.34. The maximum atomic E-state index is 13.7. The summed E-state index contributed by atoms with van der Waals surface area (Å²) in [6, 6.07) is 19.3. The Kier molecular flexibility index (Phi) is 7.67. The van der Waals surface area contributed by atoms with Crippen molar-refractivity contribution in [2.24, 2.45) is 0 Å². The normalized spacial score (nSPS) is 11.4. The minimum Gasteiger partial charge on any atom is -0.496 e. The second-order valence-corrected chi connectivity index (χ2v) is 9.58. The third-order valence-corrected chi connectivity index (χ3v) is 6.82. The lowest BCUT2D eigenvalue weighted by atomic mass is 9.96. The average molecular weight is 571 g/mol. The zero-order valence-corrected chi connectivity index (χ0v) is 22.7. The molecule has 0 radical (unpaired) electrons. The Morgan fingerprint density at radius 2 is 1.67 bits per heavy atom. The summed E-state index contributed by atoms with van der Waals surface area (Å²) in [4.78, 5) is 29.5. The standard InChI is InChI=1S/C33H25F3N2O4/c1-4-32(40)38-26-12-11-20(16-25(26)33(34,35)36)17-28(39)22-8-5-9-23-21(22)7-6-10-29(23)42-30-13-14-37-27-15-19(2)31(41-3)18-24(27)30/h4-16,18H,1,17H2,2-3H3,(H,38,40). The van der Waals surface area contributed by atoms with Crippen molar-refractivity contribution in [1.82, 2.24) is 4.98 Å². The van der Waals surface area contributed by atoms with Crippen LogP contribution in [0.3, 0.4) is 0 Å². The van der Waals surface area contributed by atoms with Gasteiger partial charge >= 0.3 is 6.18 Å². The van der Waals surface area contributed by atoms with Crippen LogP contribution in [0.15, 0.2) is 91.6 Å². The van der Waals surface area contributed by atoms with Gasteiger partial charge in [0.1, 0.15) is 17.2 Å². The number of fused-ring (bicyclic) bond motifs is 2. The number of hydrogen-bond donors (Lipinski definition) is 1. The number of carbonyl (C=O) groups is 2. The van der Waals surface area contributed by atoms with Crippen molar-refractivity contribution in [2.45, 2.75) is 19.5 Å². The Morgan fingerprint density at radius 1 is 0.929 bits per heavy atom. The predicted molar refractivity (Wildman–Crippen MR) is 155 cm³/mol. The van der Waals surface area contributed by atoms with Crippen LogP contribution in [0, 0.1) is 6.92 Å². The molecule has 0 aliphatic rings. The number of pyridine rings is 1. The predicted octanol–water partition coefficient (Wildman–Crippen LogP) is 8.07. The summed E-state index contributed by atoms with van der Waals surface area (Å²) in [5.41, 5.74) is 0.699. The summed E-state index contributed by atoms with van der Waals surface area (Å²) in [6.07, 6.45) is -2.50. The highest BCUT2D eigenvalue weighted by molar-refractivity contribution is 6.10. The van der Waals surface area contributed by atoms with E-state index < -0.39 is 23.3 Å². The number of aromatic nitrogens is 1. The molecule has 9 heteroatoms. The fourth-order valence-electron chi connectivity index (χ4n) is 4.80. The number of Topliss-reactive ketones (excluding diaryl/α,β-unsaturated/α-hetero) is 1. The number of aryl methyl sites for hydroxylation is 1. The largest absolute Gasteiger partial charge is 0.496 e. The van der Waals surface area contributed by atoms with Gasteiger partial charge in [-0.05, 0) is 65.9 Å². The molecule has 1 N–H and O–H groups in total. The van der Waals surface area contributed by atoms with Gasteiger partial charge in [0.2, 0.25) is 5.91 Å². The molecule has 42 heavy (non-hydrogen) atoms. The van der Waals surface area contributed by atoms with Gasteiger partial charge in [0.05, 0.1) is 23.9 Å². The molecule has 0 fully saturated rings. The second kappa shape index (κ2) is 11.4. The molecule has 0 saturated carbocycles. The molecular weight excluding hydrogens is 545 g/mol. The number of methoxy groups -OCH3 is 1. The maximum Gasteiger partial charge on any atom is 0.418 e. The van der Waals surface area contributed by atoms with Gasteiger partial charge in [-0.3, -0.25) is 14.6 Å². The van der Waals surface area contributed by atoms with E-state index in [1.807, 2.05) is 25.1 Å². The van der Waals surface area contributed by atoms with E-state index in [0.717, 1.165) is 34.7 Å². The van der Waals surface area contributed by atoms with Gasteiger partial charge in [-0.25, -0.2) is 0 Å². The number of benzene rings is 4. The molecule has 0 atom stereocenters. The number of ether oxygens (including phenoxy) is 2. The highest BCUT2D eigenvalue weighted by Crippen LogP contribution is 2.38. The van der Waals surface area contributed by atoms with Crippen molar-refractivity contribution >= 4 is 39.1 Å². The molecule has 0 bridgehead atoms. The number of alkyl halides is 3. The van der Waals surface area contributed by atoms with Gasteiger partial charge in [0.15, 0.2) is 5.78 Å². The minimum atomic E-state index is -4.74. The number of amides is 1. The van der Waals surface area contributed by atoms with Gasteiger partial charge in [-0.2, -0.15) is 13.2 Å². The maximum absolute atomic E-state index is 13.7. The summed E-state index contributed by atoms with van der Waals surface area (Å²) >= 11 is 0. The van der Waals surface area contributed by atoms with Crippen LogP contribution < -0.4 is 14.8 Å².